The van der Waals surface area contributed by atoms with Crippen LogP contribution in [-0.4, -0.2) is 32.3 Å². The summed E-state index contributed by atoms with van der Waals surface area (Å²) in [6, 6.07) is 10.1. The summed E-state index contributed by atoms with van der Waals surface area (Å²) < 4.78 is 0. The van der Waals surface area contributed by atoms with Gasteiger partial charge in [0.2, 0.25) is 11.8 Å². The molecule has 2 aromatic carbocycles. The lowest BCUT2D eigenvalue weighted by atomic mass is 10.2. The van der Waals surface area contributed by atoms with Crippen molar-refractivity contribution in [1.82, 2.24) is 0 Å². The van der Waals surface area contributed by atoms with E-state index in [1.807, 2.05) is 6.92 Å². The maximum absolute atomic E-state index is 12.6. The number of phenolic OH excluding ortho intramolecular Hbond substituents is 1. The molecule has 1 saturated heterocycles. The lowest BCUT2D eigenvalue weighted by Gasteiger charge is -2.14. The molecule has 2 N–H and O–H groups in total. The van der Waals surface area contributed by atoms with Gasteiger partial charge in [0.1, 0.15) is 11.0 Å². The first-order valence-corrected chi connectivity index (χ1v) is 9.02. The van der Waals surface area contributed by atoms with Crippen molar-refractivity contribution in [2.24, 2.45) is 0 Å². The minimum atomic E-state index is -0.894. The minimum Gasteiger partial charge on any atom is -0.506 e. The molecule has 1 heterocycles. The van der Waals surface area contributed by atoms with Crippen LogP contribution in [0, 0.1) is 17.0 Å². The number of aryl methyl sites for hydroxylation is 1. The molecular formula is C18H15N3O6S. The van der Waals surface area contributed by atoms with Crippen LogP contribution in [0.2, 0.25) is 0 Å². The number of nitro groups is 1. The average molecular weight is 401 g/mol. The lowest BCUT2D eigenvalue weighted by molar-refractivity contribution is -0.384. The van der Waals surface area contributed by atoms with Crippen LogP contribution in [0.5, 0.6) is 5.75 Å². The molecule has 0 aromatic heterocycles. The van der Waals surface area contributed by atoms with Crippen molar-refractivity contribution in [2.75, 3.05) is 10.2 Å². The average Bonchev–Trinajstić information content (AvgIpc) is 2.91. The Morgan fingerprint density at radius 1 is 1.25 bits per heavy atom. The molecule has 0 spiro atoms. The Labute approximate surface area is 163 Å². The van der Waals surface area contributed by atoms with Crippen LogP contribution in [0.3, 0.4) is 0 Å². The van der Waals surface area contributed by atoms with Gasteiger partial charge in [-0.25, -0.2) is 4.90 Å². The van der Waals surface area contributed by atoms with Gasteiger partial charge in [0.25, 0.3) is 10.9 Å². The second-order valence-electron chi connectivity index (χ2n) is 6.09. The number of anilines is 2. The molecule has 1 aliphatic heterocycles. The number of rotatable bonds is 5. The second kappa shape index (κ2) is 7.69. The summed E-state index contributed by atoms with van der Waals surface area (Å²) in [5.74, 6) is -1.57. The zero-order valence-corrected chi connectivity index (χ0v) is 15.4. The van der Waals surface area contributed by atoms with Gasteiger partial charge in [-0.3, -0.25) is 24.5 Å². The van der Waals surface area contributed by atoms with Gasteiger partial charge in [-0.1, -0.05) is 17.7 Å². The first kappa shape index (κ1) is 19.4. The second-order valence-corrected chi connectivity index (χ2v) is 7.25. The Balaban J connectivity index is 1.68. The number of nitro benzene ring substituents is 1. The molecule has 1 fully saturated rings. The highest BCUT2D eigenvalue weighted by Gasteiger charge is 2.41. The quantitative estimate of drug-likeness (QED) is 0.447. The largest absolute Gasteiger partial charge is 0.506 e. The van der Waals surface area contributed by atoms with Crippen LogP contribution in [-0.2, 0) is 9.59 Å². The van der Waals surface area contributed by atoms with Gasteiger partial charge in [-0.2, -0.15) is 0 Å². The van der Waals surface area contributed by atoms with E-state index in [1.165, 1.54) is 6.07 Å². The van der Waals surface area contributed by atoms with Crippen molar-refractivity contribution in [3.63, 3.8) is 0 Å². The van der Waals surface area contributed by atoms with E-state index < -0.39 is 33.0 Å². The van der Waals surface area contributed by atoms with E-state index >= 15 is 0 Å². The number of hydrogen-bond acceptors (Lipinski definition) is 7. The van der Waals surface area contributed by atoms with Gasteiger partial charge in [0.15, 0.2) is 0 Å². The van der Waals surface area contributed by atoms with Crippen molar-refractivity contribution in [3.05, 3.63) is 58.1 Å². The molecule has 144 valence electrons. The Hall–Kier alpha value is -3.40. The number of nitrogens with one attached hydrogen (secondary N) is 1. The monoisotopic (exact) mass is 401 g/mol. The maximum atomic E-state index is 12.6. The molecule has 0 radical (unpaired) electrons. The standard InChI is InChI=1S/C18H15N3O6S/c1-10-2-4-11(5-3-10)20-17(24)15(28-18(20)25)9-16(23)19-13-7-6-12(21(26)27)8-14(13)22/h2-8,15,22H,9H2,1H3,(H,19,23). The highest BCUT2D eigenvalue weighted by Crippen LogP contribution is 2.34. The van der Waals surface area contributed by atoms with Crippen LogP contribution in [0.15, 0.2) is 42.5 Å². The number of imide groups is 1. The van der Waals surface area contributed by atoms with Crippen LogP contribution in [0.1, 0.15) is 12.0 Å². The van der Waals surface area contributed by atoms with Gasteiger partial charge in [0.05, 0.1) is 22.4 Å². The fourth-order valence-electron chi connectivity index (χ4n) is 2.62. The van der Waals surface area contributed by atoms with Gasteiger partial charge >= 0.3 is 0 Å². The normalized spacial score (nSPS) is 16.3. The summed E-state index contributed by atoms with van der Waals surface area (Å²) in [5, 5.41) is 21.5. The number of phenols is 1. The molecule has 1 unspecified atom stereocenters. The molecule has 2 aromatic rings. The van der Waals surface area contributed by atoms with Crippen molar-refractivity contribution >= 4 is 45.9 Å². The number of hydrogen-bond donors (Lipinski definition) is 2. The molecule has 1 atom stereocenters. The summed E-state index contributed by atoms with van der Waals surface area (Å²) in [6.45, 7) is 1.88. The Bertz CT molecular complexity index is 976. The number of amides is 3. The van der Waals surface area contributed by atoms with E-state index in [9.17, 15) is 29.6 Å². The fourth-order valence-corrected chi connectivity index (χ4v) is 3.61. The van der Waals surface area contributed by atoms with Gasteiger partial charge in [-0.15, -0.1) is 0 Å². The number of nitrogens with zero attached hydrogens (tertiary/aromatic N) is 2. The zero-order chi connectivity index (χ0) is 20.4. The molecule has 1 aliphatic rings. The van der Waals surface area contributed by atoms with Crippen LogP contribution < -0.4 is 10.2 Å². The van der Waals surface area contributed by atoms with E-state index in [4.69, 9.17) is 0 Å². The van der Waals surface area contributed by atoms with Crippen LogP contribution in [0.4, 0.5) is 21.9 Å². The highest BCUT2D eigenvalue weighted by atomic mass is 32.2. The number of aromatic hydroxyl groups is 1. The smallest absolute Gasteiger partial charge is 0.293 e. The maximum Gasteiger partial charge on any atom is 0.293 e. The first-order valence-electron chi connectivity index (χ1n) is 8.15. The number of thioether (sulfide) groups is 1. The Morgan fingerprint density at radius 3 is 2.54 bits per heavy atom. The minimum absolute atomic E-state index is 0.0206. The third kappa shape index (κ3) is 3.96. The topological polar surface area (TPSA) is 130 Å². The van der Waals surface area contributed by atoms with Crippen molar-refractivity contribution < 1.29 is 24.4 Å². The Kier molecular flexibility index (Phi) is 5.32. The molecule has 10 heteroatoms. The SMILES string of the molecule is Cc1ccc(N2C(=O)SC(CC(=O)Nc3ccc([N+](=O)[O-])cc3O)C2=O)cc1. The zero-order valence-electron chi connectivity index (χ0n) is 14.6. The van der Waals surface area contributed by atoms with E-state index in [-0.39, 0.29) is 17.8 Å². The van der Waals surface area contributed by atoms with Gasteiger partial charge in [0, 0.05) is 12.5 Å². The number of benzene rings is 2. The van der Waals surface area contributed by atoms with Crippen molar-refractivity contribution in [3.8, 4) is 5.75 Å². The van der Waals surface area contributed by atoms with Crippen molar-refractivity contribution in [1.29, 1.82) is 0 Å². The highest BCUT2D eigenvalue weighted by molar-refractivity contribution is 8.15. The third-order valence-electron chi connectivity index (χ3n) is 4.05. The molecule has 0 bridgehead atoms. The van der Waals surface area contributed by atoms with Crippen LogP contribution >= 0.6 is 11.8 Å². The fraction of sp³-hybridized carbons (Fsp3) is 0.167. The molecule has 0 saturated carbocycles. The van der Waals surface area contributed by atoms with Crippen molar-refractivity contribution in [2.45, 2.75) is 18.6 Å². The summed E-state index contributed by atoms with van der Waals surface area (Å²) in [7, 11) is 0. The van der Waals surface area contributed by atoms with E-state index in [2.05, 4.69) is 5.32 Å². The lowest BCUT2D eigenvalue weighted by Crippen LogP contribution is -2.32. The predicted octanol–water partition coefficient (Wildman–Crippen LogP) is 3.21. The summed E-state index contributed by atoms with van der Waals surface area (Å²) in [4.78, 5) is 48.0. The first-order chi connectivity index (χ1) is 13.3. The molecular weight excluding hydrogens is 386 g/mol. The summed E-state index contributed by atoms with van der Waals surface area (Å²) in [5.41, 5.74) is 1.07. The van der Waals surface area contributed by atoms with Gasteiger partial charge < -0.3 is 10.4 Å². The molecule has 3 amide bonds. The number of carbonyl (C=O) groups excluding carboxylic acids is 3. The van der Waals surface area contributed by atoms with E-state index in [1.54, 1.807) is 24.3 Å². The number of carbonyl (C=O) groups is 3. The summed E-state index contributed by atoms with van der Waals surface area (Å²) in [6.07, 6.45) is -0.284. The predicted molar refractivity (Wildman–Crippen MR) is 103 cm³/mol. The van der Waals surface area contributed by atoms with E-state index in [0.717, 1.165) is 34.4 Å². The van der Waals surface area contributed by atoms with Gasteiger partial charge in [-0.05, 0) is 36.9 Å². The molecule has 28 heavy (non-hydrogen) atoms. The summed E-state index contributed by atoms with van der Waals surface area (Å²) >= 11 is 0.755. The van der Waals surface area contributed by atoms with E-state index in [0.29, 0.717) is 5.69 Å². The Morgan fingerprint density at radius 2 is 1.93 bits per heavy atom. The number of non-ortho nitro benzene ring substituents is 1. The molecule has 9 nitrogen and oxygen atoms in total. The molecule has 0 aliphatic carbocycles. The molecule has 3 rings (SSSR count). The van der Waals surface area contributed by atoms with Crippen LogP contribution in [0.25, 0.3) is 0 Å². The third-order valence-corrected chi connectivity index (χ3v) is 5.09.